The SMILES string of the molecule is C[N+](C)(C)CCO[P+](=O)OCC(=O)O. The van der Waals surface area contributed by atoms with Gasteiger partial charge in [0.1, 0.15) is 6.54 Å². The van der Waals surface area contributed by atoms with Crippen molar-refractivity contribution in [3.63, 3.8) is 0 Å². The zero-order valence-corrected chi connectivity index (χ0v) is 9.49. The summed E-state index contributed by atoms with van der Waals surface area (Å²) in [5.74, 6) is -1.16. The minimum Gasteiger partial charge on any atom is -0.479 e. The molecular formula is C7H16NO5P+2. The van der Waals surface area contributed by atoms with Crippen LogP contribution < -0.4 is 0 Å². The smallest absolute Gasteiger partial charge is 0.479 e. The lowest BCUT2D eigenvalue weighted by Gasteiger charge is -2.21. The number of aliphatic carboxylic acids is 1. The molecule has 0 aromatic rings. The number of rotatable bonds is 7. The Labute approximate surface area is 84.0 Å². The Morgan fingerprint density at radius 2 is 1.93 bits per heavy atom. The predicted molar refractivity (Wildman–Crippen MR) is 50.0 cm³/mol. The summed E-state index contributed by atoms with van der Waals surface area (Å²) in [6, 6.07) is 0. The molecule has 0 amide bonds. The first-order valence-corrected chi connectivity index (χ1v) is 5.16. The second-order valence-corrected chi connectivity index (χ2v) is 4.70. The lowest BCUT2D eigenvalue weighted by atomic mass is 10.5. The molecule has 0 aliphatic rings. The molecule has 0 aromatic carbocycles. The second-order valence-electron chi connectivity index (χ2n) is 3.74. The highest BCUT2D eigenvalue weighted by Crippen LogP contribution is 2.22. The van der Waals surface area contributed by atoms with Crippen LogP contribution in [0.2, 0.25) is 0 Å². The molecule has 0 aliphatic heterocycles. The van der Waals surface area contributed by atoms with Crippen molar-refractivity contribution < 1.29 is 28.0 Å². The number of quaternary nitrogens is 1. The van der Waals surface area contributed by atoms with Crippen LogP contribution in [0.4, 0.5) is 0 Å². The van der Waals surface area contributed by atoms with E-state index in [1.165, 1.54) is 0 Å². The molecule has 0 rings (SSSR count). The van der Waals surface area contributed by atoms with Crippen molar-refractivity contribution in [2.45, 2.75) is 0 Å². The number of carbonyl (C=O) groups is 1. The number of hydrogen-bond donors (Lipinski definition) is 1. The number of nitrogens with zero attached hydrogens (tertiary/aromatic N) is 1. The Kier molecular flexibility index (Phi) is 5.79. The third kappa shape index (κ3) is 9.54. The summed E-state index contributed by atoms with van der Waals surface area (Å²) in [6.45, 7) is 0.357. The molecule has 1 unspecified atom stereocenters. The monoisotopic (exact) mass is 225 g/mol. The van der Waals surface area contributed by atoms with Gasteiger partial charge in [-0.25, -0.2) is 4.79 Å². The van der Waals surface area contributed by atoms with Gasteiger partial charge in [-0.05, 0) is 0 Å². The molecule has 0 radical (unpaired) electrons. The van der Waals surface area contributed by atoms with Crippen molar-refractivity contribution >= 4 is 14.2 Å². The number of carboxylic acids is 1. The van der Waals surface area contributed by atoms with Gasteiger partial charge in [-0.3, -0.25) is 0 Å². The van der Waals surface area contributed by atoms with Crippen LogP contribution in [0, 0.1) is 0 Å². The molecule has 7 heteroatoms. The summed E-state index contributed by atoms with van der Waals surface area (Å²) in [5.41, 5.74) is 0. The first-order valence-electron chi connectivity index (χ1n) is 4.06. The van der Waals surface area contributed by atoms with Gasteiger partial charge in [0.25, 0.3) is 0 Å². The molecule has 0 heterocycles. The van der Waals surface area contributed by atoms with Crippen LogP contribution in [0.15, 0.2) is 0 Å². The van der Waals surface area contributed by atoms with Crippen molar-refractivity contribution in [2.24, 2.45) is 0 Å². The average molecular weight is 225 g/mol. The molecule has 0 aromatic heterocycles. The molecule has 0 saturated carbocycles. The van der Waals surface area contributed by atoms with Crippen LogP contribution >= 0.6 is 8.25 Å². The van der Waals surface area contributed by atoms with Gasteiger partial charge in [0.15, 0.2) is 6.61 Å². The van der Waals surface area contributed by atoms with E-state index in [4.69, 9.17) is 9.63 Å². The highest BCUT2D eigenvalue weighted by molar-refractivity contribution is 7.33. The molecular weight excluding hydrogens is 209 g/mol. The Morgan fingerprint density at radius 1 is 1.36 bits per heavy atom. The zero-order valence-electron chi connectivity index (χ0n) is 8.60. The first-order chi connectivity index (χ1) is 6.31. The van der Waals surface area contributed by atoms with Gasteiger partial charge in [-0.2, -0.15) is 0 Å². The fraction of sp³-hybridized carbons (Fsp3) is 0.857. The van der Waals surface area contributed by atoms with Crippen molar-refractivity contribution in [1.29, 1.82) is 0 Å². The van der Waals surface area contributed by atoms with E-state index >= 15 is 0 Å². The fourth-order valence-electron chi connectivity index (χ4n) is 0.534. The van der Waals surface area contributed by atoms with Gasteiger partial charge in [-0.1, -0.05) is 0 Å². The molecule has 1 atom stereocenters. The molecule has 0 bridgehead atoms. The first kappa shape index (κ1) is 13.4. The van der Waals surface area contributed by atoms with Gasteiger partial charge < -0.3 is 9.59 Å². The molecule has 6 nitrogen and oxygen atoms in total. The normalized spacial score (nSPS) is 12.6. The Morgan fingerprint density at radius 3 is 2.36 bits per heavy atom. The summed E-state index contributed by atoms with van der Waals surface area (Å²) in [5, 5.41) is 8.20. The molecule has 14 heavy (non-hydrogen) atoms. The van der Waals surface area contributed by atoms with E-state index in [2.05, 4.69) is 4.52 Å². The van der Waals surface area contributed by atoms with E-state index in [-0.39, 0.29) is 6.61 Å². The van der Waals surface area contributed by atoms with Gasteiger partial charge in [0.05, 0.1) is 21.1 Å². The lowest BCUT2D eigenvalue weighted by Crippen LogP contribution is -2.37. The third-order valence-electron chi connectivity index (χ3n) is 1.25. The molecule has 0 aliphatic carbocycles. The van der Waals surface area contributed by atoms with E-state index in [1.54, 1.807) is 0 Å². The Balaban J connectivity index is 3.50. The lowest BCUT2D eigenvalue weighted by molar-refractivity contribution is -0.870. The van der Waals surface area contributed by atoms with E-state index in [9.17, 15) is 9.36 Å². The van der Waals surface area contributed by atoms with Gasteiger partial charge >= 0.3 is 14.2 Å². The van der Waals surface area contributed by atoms with Gasteiger partial charge in [0, 0.05) is 4.57 Å². The molecule has 0 fully saturated rings. The highest BCUT2D eigenvalue weighted by atomic mass is 31.1. The van der Waals surface area contributed by atoms with E-state index in [1.807, 2.05) is 21.1 Å². The minimum absolute atomic E-state index is 0.276. The van der Waals surface area contributed by atoms with Crippen LogP contribution in [0.1, 0.15) is 0 Å². The Bertz CT molecular complexity index is 213. The maximum absolute atomic E-state index is 10.9. The van der Waals surface area contributed by atoms with Crippen LogP contribution in [-0.4, -0.2) is 56.5 Å². The largest absolute Gasteiger partial charge is 0.698 e. The summed E-state index contributed by atoms with van der Waals surface area (Å²) >= 11 is 0. The van der Waals surface area contributed by atoms with E-state index < -0.39 is 20.8 Å². The maximum Gasteiger partial charge on any atom is 0.698 e. The summed E-state index contributed by atoms with van der Waals surface area (Å²) < 4.78 is 20.7. The second kappa shape index (κ2) is 6.03. The van der Waals surface area contributed by atoms with E-state index in [0.29, 0.717) is 11.0 Å². The topological polar surface area (TPSA) is 72.8 Å². The quantitative estimate of drug-likeness (QED) is 0.503. The van der Waals surface area contributed by atoms with Crippen LogP contribution in [-0.2, 0) is 18.4 Å². The van der Waals surface area contributed by atoms with Gasteiger partial charge in [-0.15, -0.1) is 9.05 Å². The van der Waals surface area contributed by atoms with E-state index in [0.717, 1.165) is 0 Å². The number of carboxylic acid groups (broad SMARTS) is 1. The Hall–Kier alpha value is -0.550. The van der Waals surface area contributed by atoms with Crippen molar-refractivity contribution in [1.82, 2.24) is 0 Å². The number of hydrogen-bond acceptors (Lipinski definition) is 4. The molecule has 0 saturated heterocycles. The predicted octanol–water partition coefficient (Wildman–Crippen LogP) is 0.468. The fourth-order valence-corrected chi connectivity index (χ4v) is 1.06. The molecule has 0 spiro atoms. The molecule has 1 N–H and O–H groups in total. The van der Waals surface area contributed by atoms with Crippen LogP contribution in [0.5, 0.6) is 0 Å². The van der Waals surface area contributed by atoms with Gasteiger partial charge in [0.2, 0.25) is 6.61 Å². The van der Waals surface area contributed by atoms with Crippen molar-refractivity contribution in [3.8, 4) is 0 Å². The van der Waals surface area contributed by atoms with Crippen LogP contribution in [0.25, 0.3) is 0 Å². The minimum atomic E-state index is -2.31. The van der Waals surface area contributed by atoms with Crippen molar-refractivity contribution in [3.05, 3.63) is 0 Å². The average Bonchev–Trinajstić information content (AvgIpc) is 1.98. The maximum atomic E-state index is 10.9. The molecule has 82 valence electrons. The summed E-state index contributed by atoms with van der Waals surface area (Å²) in [6.07, 6.45) is 0. The summed E-state index contributed by atoms with van der Waals surface area (Å²) in [4.78, 5) is 10.0. The van der Waals surface area contributed by atoms with Crippen molar-refractivity contribution in [2.75, 3.05) is 40.9 Å². The standard InChI is InChI=1S/C7H15NO5P/c1-8(2,3)4-5-12-14(11)13-6-7(9)10/h4-6H2,1-3H3/q+1/p+1. The highest BCUT2D eigenvalue weighted by Gasteiger charge is 2.23. The third-order valence-corrected chi connectivity index (χ3v) is 1.99. The van der Waals surface area contributed by atoms with Crippen LogP contribution in [0.3, 0.4) is 0 Å². The number of likely N-dealkylation sites (N-methyl/N-ethyl adjacent to an activating group) is 1. The summed E-state index contributed by atoms with van der Waals surface area (Å²) in [7, 11) is 3.59. The zero-order chi connectivity index (χ0) is 11.2.